The third kappa shape index (κ3) is 4.04. The smallest absolute Gasteiger partial charge is 0.311 e. The standard InChI is InChI=1S/C21H24O3/c1-15(2)7-10-20(24-21(22)19-11-12-23-14-19)18-9-8-16-5-3-4-6-17(16)13-18/h3-9,13,19-20H,10-12,14H2,1-2H3. The van der Waals surface area contributed by atoms with E-state index in [1.54, 1.807) is 0 Å². The van der Waals surface area contributed by atoms with Crippen molar-refractivity contribution in [2.75, 3.05) is 13.2 Å². The third-order valence-corrected chi connectivity index (χ3v) is 4.41. The summed E-state index contributed by atoms with van der Waals surface area (Å²) in [6, 6.07) is 14.5. The zero-order valence-corrected chi connectivity index (χ0v) is 14.3. The fourth-order valence-electron chi connectivity index (χ4n) is 2.96. The number of esters is 1. The van der Waals surface area contributed by atoms with Crippen molar-refractivity contribution in [2.24, 2.45) is 5.92 Å². The molecule has 2 aromatic carbocycles. The van der Waals surface area contributed by atoms with Crippen molar-refractivity contribution in [1.29, 1.82) is 0 Å². The monoisotopic (exact) mass is 324 g/mol. The first kappa shape index (κ1) is 16.7. The van der Waals surface area contributed by atoms with Gasteiger partial charge in [-0.15, -0.1) is 0 Å². The molecule has 0 saturated carbocycles. The molecular formula is C21H24O3. The molecule has 3 nitrogen and oxygen atoms in total. The Hall–Kier alpha value is -2.13. The van der Waals surface area contributed by atoms with Gasteiger partial charge in [0.1, 0.15) is 6.10 Å². The first-order valence-electron chi connectivity index (χ1n) is 8.54. The number of ether oxygens (including phenoxy) is 2. The molecule has 2 atom stereocenters. The number of carbonyl (C=O) groups is 1. The van der Waals surface area contributed by atoms with E-state index in [-0.39, 0.29) is 18.0 Å². The Labute approximate surface area is 143 Å². The fourth-order valence-corrected chi connectivity index (χ4v) is 2.96. The van der Waals surface area contributed by atoms with E-state index < -0.39 is 0 Å². The van der Waals surface area contributed by atoms with E-state index in [4.69, 9.17) is 9.47 Å². The van der Waals surface area contributed by atoms with Crippen LogP contribution in [0.1, 0.15) is 38.4 Å². The van der Waals surface area contributed by atoms with Gasteiger partial charge in [-0.25, -0.2) is 0 Å². The molecule has 2 aromatic rings. The third-order valence-electron chi connectivity index (χ3n) is 4.41. The molecule has 3 rings (SSSR count). The maximum absolute atomic E-state index is 12.4. The van der Waals surface area contributed by atoms with Crippen LogP contribution in [0.3, 0.4) is 0 Å². The predicted octanol–water partition coefficient (Wildman–Crippen LogP) is 4.82. The second-order valence-electron chi connectivity index (χ2n) is 6.61. The summed E-state index contributed by atoms with van der Waals surface area (Å²) in [6.45, 7) is 5.24. The van der Waals surface area contributed by atoms with Crippen LogP contribution in [0, 0.1) is 5.92 Å². The van der Waals surface area contributed by atoms with Gasteiger partial charge in [-0.2, -0.15) is 0 Å². The maximum Gasteiger partial charge on any atom is 0.311 e. The summed E-state index contributed by atoms with van der Waals surface area (Å²) in [6.07, 6.45) is 3.32. The molecule has 0 bridgehead atoms. The first-order valence-corrected chi connectivity index (χ1v) is 8.54. The highest BCUT2D eigenvalue weighted by Crippen LogP contribution is 2.28. The van der Waals surface area contributed by atoms with Gasteiger partial charge >= 0.3 is 5.97 Å². The average Bonchev–Trinajstić information content (AvgIpc) is 3.12. The Morgan fingerprint density at radius 3 is 2.75 bits per heavy atom. The summed E-state index contributed by atoms with van der Waals surface area (Å²) < 4.78 is 11.2. The second kappa shape index (κ2) is 7.63. The molecule has 3 heteroatoms. The molecule has 1 fully saturated rings. The minimum absolute atomic E-state index is 0.125. The quantitative estimate of drug-likeness (QED) is 0.584. The van der Waals surface area contributed by atoms with Crippen molar-refractivity contribution in [2.45, 2.75) is 32.8 Å². The Balaban J connectivity index is 1.84. The van der Waals surface area contributed by atoms with Gasteiger partial charge in [-0.3, -0.25) is 4.79 Å². The van der Waals surface area contributed by atoms with Crippen molar-refractivity contribution in [1.82, 2.24) is 0 Å². The lowest BCUT2D eigenvalue weighted by Gasteiger charge is -2.19. The van der Waals surface area contributed by atoms with Crippen molar-refractivity contribution in [3.05, 3.63) is 59.7 Å². The summed E-state index contributed by atoms with van der Waals surface area (Å²) in [5.41, 5.74) is 2.26. The van der Waals surface area contributed by atoms with E-state index in [2.05, 4.69) is 50.3 Å². The number of hydrogen-bond acceptors (Lipinski definition) is 3. The summed E-state index contributed by atoms with van der Waals surface area (Å²) in [5.74, 6) is -0.271. The highest BCUT2D eigenvalue weighted by atomic mass is 16.5. The lowest BCUT2D eigenvalue weighted by molar-refractivity contribution is -0.154. The second-order valence-corrected chi connectivity index (χ2v) is 6.61. The molecular weight excluding hydrogens is 300 g/mol. The number of allylic oxidation sites excluding steroid dienone is 1. The molecule has 0 amide bonds. The minimum Gasteiger partial charge on any atom is -0.457 e. The average molecular weight is 324 g/mol. The summed E-state index contributed by atoms with van der Waals surface area (Å²) >= 11 is 0. The van der Waals surface area contributed by atoms with Crippen molar-refractivity contribution < 1.29 is 14.3 Å². The van der Waals surface area contributed by atoms with E-state index >= 15 is 0 Å². The first-order chi connectivity index (χ1) is 11.6. The molecule has 0 spiro atoms. The molecule has 0 radical (unpaired) electrons. The van der Waals surface area contributed by atoms with Crippen LogP contribution in [-0.2, 0) is 14.3 Å². The highest BCUT2D eigenvalue weighted by molar-refractivity contribution is 5.83. The van der Waals surface area contributed by atoms with E-state index in [0.717, 1.165) is 17.4 Å². The SMILES string of the molecule is CC(C)=CCC(OC(=O)C1CCOC1)c1ccc2ccccc2c1. The van der Waals surface area contributed by atoms with Gasteiger partial charge in [0, 0.05) is 13.0 Å². The van der Waals surface area contributed by atoms with Crippen molar-refractivity contribution in [3.63, 3.8) is 0 Å². The fraction of sp³-hybridized carbons (Fsp3) is 0.381. The Bertz CT molecular complexity index is 738. The number of carbonyl (C=O) groups excluding carboxylic acids is 1. The molecule has 1 saturated heterocycles. The van der Waals surface area contributed by atoms with Crippen LogP contribution >= 0.6 is 0 Å². The van der Waals surface area contributed by atoms with E-state index in [9.17, 15) is 4.79 Å². The summed E-state index contributed by atoms with van der Waals surface area (Å²) in [4.78, 5) is 12.4. The van der Waals surface area contributed by atoms with Gasteiger partial charge in [0.05, 0.1) is 12.5 Å². The molecule has 1 aliphatic heterocycles. The van der Waals surface area contributed by atoms with Gasteiger partial charge in [0.25, 0.3) is 0 Å². The predicted molar refractivity (Wildman–Crippen MR) is 95.8 cm³/mol. The van der Waals surface area contributed by atoms with Gasteiger partial charge < -0.3 is 9.47 Å². The minimum atomic E-state index is -0.252. The normalized spacial score (nSPS) is 18.3. The molecule has 24 heavy (non-hydrogen) atoms. The molecule has 1 heterocycles. The summed E-state index contributed by atoms with van der Waals surface area (Å²) in [5, 5.41) is 2.36. The van der Waals surface area contributed by atoms with Crippen LogP contribution in [0.15, 0.2) is 54.1 Å². The Kier molecular flexibility index (Phi) is 5.31. The van der Waals surface area contributed by atoms with Crippen LogP contribution in [0.2, 0.25) is 0 Å². The van der Waals surface area contributed by atoms with Gasteiger partial charge in [-0.1, -0.05) is 48.0 Å². The Morgan fingerprint density at radius 1 is 1.25 bits per heavy atom. The molecule has 2 unspecified atom stereocenters. The van der Waals surface area contributed by atoms with Crippen molar-refractivity contribution in [3.8, 4) is 0 Å². The lowest BCUT2D eigenvalue weighted by atomic mass is 10.0. The number of benzene rings is 2. The highest BCUT2D eigenvalue weighted by Gasteiger charge is 2.27. The molecule has 0 N–H and O–H groups in total. The maximum atomic E-state index is 12.4. The number of rotatable bonds is 5. The lowest BCUT2D eigenvalue weighted by Crippen LogP contribution is -2.20. The Morgan fingerprint density at radius 2 is 2.04 bits per heavy atom. The molecule has 126 valence electrons. The van der Waals surface area contributed by atoms with Crippen LogP contribution in [-0.4, -0.2) is 19.2 Å². The van der Waals surface area contributed by atoms with Crippen LogP contribution in [0.4, 0.5) is 0 Å². The zero-order chi connectivity index (χ0) is 16.9. The topological polar surface area (TPSA) is 35.5 Å². The van der Waals surface area contributed by atoms with Crippen LogP contribution < -0.4 is 0 Å². The van der Waals surface area contributed by atoms with Crippen molar-refractivity contribution >= 4 is 16.7 Å². The van der Waals surface area contributed by atoms with E-state index in [0.29, 0.717) is 19.6 Å². The molecule has 0 aliphatic carbocycles. The van der Waals surface area contributed by atoms with Gasteiger partial charge in [-0.05, 0) is 42.7 Å². The van der Waals surface area contributed by atoms with E-state index in [1.807, 2.05) is 12.1 Å². The van der Waals surface area contributed by atoms with Crippen LogP contribution in [0.25, 0.3) is 10.8 Å². The van der Waals surface area contributed by atoms with Gasteiger partial charge in [0.15, 0.2) is 0 Å². The van der Waals surface area contributed by atoms with Crippen LogP contribution in [0.5, 0.6) is 0 Å². The summed E-state index contributed by atoms with van der Waals surface area (Å²) in [7, 11) is 0. The number of hydrogen-bond donors (Lipinski definition) is 0. The number of fused-ring (bicyclic) bond motifs is 1. The zero-order valence-electron chi connectivity index (χ0n) is 14.3. The molecule has 1 aliphatic rings. The van der Waals surface area contributed by atoms with Gasteiger partial charge in [0.2, 0.25) is 0 Å². The van der Waals surface area contributed by atoms with E-state index in [1.165, 1.54) is 11.0 Å². The molecule has 0 aromatic heterocycles. The largest absolute Gasteiger partial charge is 0.457 e.